The predicted octanol–water partition coefficient (Wildman–Crippen LogP) is 11.0. The minimum Gasteiger partial charge on any atom is -0.481 e. The fourth-order valence-corrected chi connectivity index (χ4v) is 6.03. The second-order valence-electron chi connectivity index (χ2n) is 12.3. The van der Waals surface area contributed by atoms with Gasteiger partial charge in [0.15, 0.2) is 0 Å². The van der Waals surface area contributed by atoms with Crippen LogP contribution in [0.4, 0.5) is 0 Å². The molecule has 0 heterocycles. The fourth-order valence-electron chi connectivity index (χ4n) is 5.62. The van der Waals surface area contributed by atoms with E-state index in [0.717, 1.165) is 32.1 Å². The Bertz CT molecular complexity index is 691. The minimum absolute atomic E-state index is 0.0655. The van der Waals surface area contributed by atoms with Gasteiger partial charge in [0, 0.05) is 12.8 Å². The molecule has 6 nitrogen and oxygen atoms in total. The maximum absolute atomic E-state index is 11.1. The van der Waals surface area contributed by atoms with E-state index in [0.29, 0.717) is 12.8 Å². The van der Waals surface area contributed by atoms with E-state index in [1.54, 1.807) is 0 Å². The number of rotatable bonds is 33. The molecule has 0 bridgehead atoms. The molecule has 0 saturated carbocycles. The molecule has 0 spiro atoms. The highest BCUT2D eigenvalue weighted by atomic mass is 32.2. The molecule has 244 valence electrons. The van der Waals surface area contributed by atoms with Crippen LogP contribution < -0.4 is 0 Å². The number of aliphatic carboxylic acids is 1. The third kappa shape index (κ3) is 33.4. The Morgan fingerprint density at radius 1 is 0.341 bits per heavy atom. The van der Waals surface area contributed by atoms with Crippen molar-refractivity contribution >= 4 is 21.2 Å². The Morgan fingerprint density at radius 3 is 0.683 bits per heavy atom. The summed E-state index contributed by atoms with van der Waals surface area (Å²) in [6.45, 7) is 0. The summed E-state index contributed by atoms with van der Waals surface area (Å²) in [6.07, 6.45) is 38.4. The lowest BCUT2D eigenvalue weighted by Gasteiger charge is -2.04. The number of hydrogen-bond donors (Lipinski definition) is 2. The van der Waals surface area contributed by atoms with Gasteiger partial charge in [-0.1, -0.05) is 180 Å². The molecule has 41 heavy (non-hydrogen) atoms. The standard InChI is InChI=1S/C34H66O6S/c35-33(36)31-29-27-25-23-21-19-17-15-13-11-9-7-5-3-1-2-4-6-8-10-12-14-16-18-20-22-24-26-28-30-32-34(37)41(38,39)40/h1-32H2,(H,35,36)(H,38,39,40). The van der Waals surface area contributed by atoms with Gasteiger partial charge in [-0.15, -0.1) is 0 Å². The first-order chi connectivity index (χ1) is 19.8. The zero-order valence-electron chi connectivity index (χ0n) is 26.6. The smallest absolute Gasteiger partial charge is 0.328 e. The first-order valence-electron chi connectivity index (χ1n) is 17.6. The lowest BCUT2D eigenvalue weighted by Crippen LogP contribution is -2.12. The van der Waals surface area contributed by atoms with E-state index in [1.165, 1.54) is 154 Å². The van der Waals surface area contributed by atoms with E-state index >= 15 is 0 Å². The van der Waals surface area contributed by atoms with Crippen LogP contribution in [0.15, 0.2) is 0 Å². The van der Waals surface area contributed by atoms with Crippen LogP contribution in [0.3, 0.4) is 0 Å². The molecule has 0 atom stereocenters. The summed E-state index contributed by atoms with van der Waals surface area (Å²) in [6, 6.07) is 0. The van der Waals surface area contributed by atoms with Crippen LogP contribution >= 0.6 is 0 Å². The second-order valence-corrected chi connectivity index (χ2v) is 13.8. The summed E-state index contributed by atoms with van der Waals surface area (Å²) < 4.78 is 29.9. The first-order valence-corrected chi connectivity index (χ1v) is 19.0. The molecule has 0 aromatic rings. The molecule has 0 aromatic carbocycles. The molecule has 0 amide bonds. The van der Waals surface area contributed by atoms with Crippen molar-refractivity contribution < 1.29 is 27.7 Å². The maximum Gasteiger partial charge on any atom is 0.328 e. The molecule has 2 N–H and O–H groups in total. The summed E-state index contributed by atoms with van der Waals surface area (Å²) in [5, 5.41) is 7.57. The zero-order chi connectivity index (χ0) is 30.3. The summed E-state index contributed by atoms with van der Waals surface area (Å²) >= 11 is 0. The Morgan fingerprint density at radius 2 is 0.512 bits per heavy atom. The quantitative estimate of drug-likeness (QED) is 0.0571. The van der Waals surface area contributed by atoms with Gasteiger partial charge in [-0.25, -0.2) is 0 Å². The van der Waals surface area contributed by atoms with Crippen molar-refractivity contribution in [3.8, 4) is 0 Å². The normalized spacial score (nSPS) is 11.7. The molecule has 0 rings (SSSR count). The molecule has 0 aliphatic carbocycles. The van der Waals surface area contributed by atoms with Crippen molar-refractivity contribution in [3.05, 3.63) is 0 Å². The fraction of sp³-hybridized carbons (Fsp3) is 0.941. The lowest BCUT2D eigenvalue weighted by atomic mass is 10.0. The van der Waals surface area contributed by atoms with Gasteiger partial charge in [-0.3, -0.25) is 14.1 Å². The van der Waals surface area contributed by atoms with Crippen molar-refractivity contribution in [1.29, 1.82) is 0 Å². The maximum atomic E-state index is 11.1. The summed E-state index contributed by atoms with van der Waals surface area (Å²) in [5.74, 6) is -0.663. The van der Waals surface area contributed by atoms with Gasteiger partial charge < -0.3 is 5.11 Å². The van der Waals surface area contributed by atoms with Gasteiger partial charge in [0.05, 0.1) is 0 Å². The molecule has 0 radical (unpaired) electrons. The van der Waals surface area contributed by atoms with Crippen LogP contribution in [0.25, 0.3) is 0 Å². The molecule has 0 aromatic heterocycles. The Hall–Kier alpha value is -0.950. The monoisotopic (exact) mass is 602 g/mol. The molecule has 0 fully saturated rings. The molecule has 0 aliphatic rings. The molecule has 7 heteroatoms. The topological polar surface area (TPSA) is 109 Å². The molecular weight excluding hydrogens is 536 g/mol. The van der Waals surface area contributed by atoms with Crippen LogP contribution in [0, 0.1) is 0 Å². The number of carboxylic acids is 1. The lowest BCUT2D eigenvalue weighted by molar-refractivity contribution is -0.137. The van der Waals surface area contributed by atoms with Gasteiger partial charge in [0.2, 0.25) is 0 Å². The van der Waals surface area contributed by atoms with Gasteiger partial charge >= 0.3 is 16.1 Å². The third-order valence-corrected chi connectivity index (χ3v) is 9.09. The van der Waals surface area contributed by atoms with Crippen molar-refractivity contribution in [2.75, 3.05) is 0 Å². The molecule has 0 unspecified atom stereocenters. The van der Waals surface area contributed by atoms with Crippen LogP contribution in [0.1, 0.15) is 205 Å². The number of carboxylic acid groups (broad SMARTS) is 1. The summed E-state index contributed by atoms with van der Waals surface area (Å²) in [5.41, 5.74) is 0. The van der Waals surface area contributed by atoms with Gasteiger partial charge in [-0.2, -0.15) is 8.42 Å². The predicted molar refractivity (Wildman–Crippen MR) is 172 cm³/mol. The van der Waals surface area contributed by atoms with Crippen molar-refractivity contribution in [2.45, 2.75) is 205 Å². The molecule has 0 aliphatic heterocycles. The largest absolute Gasteiger partial charge is 0.481 e. The van der Waals surface area contributed by atoms with Crippen molar-refractivity contribution in [2.24, 2.45) is 0 Å². The number of hydrogen-bond acceptors (Lipinski definition) is 4. The van der Waals surface area contributed by atoms with Crippen LogP contribution in [-0.2, 0) is 19.7 Å². The summed E-state index contributed by atoms with van der Waals surface area (Å²) in [7, 11) is -4.48. The third-order valence-electron chi connectivity index (χ3n) is 8.31. The van der Waals surface area contributed by atoms with E-state index in [4.69, 9.17) is 9.66 Å². The molecular formula is C34H66O6S. The van der Waals surface area contributed by atoms with Gasteiger partial charge in [0.1, 0.15) is 0 Å². The minimum atomic E-state index is -4.48. The summed E-state index contributed by atoms with van der Waals surface area (Å²) in [4.78, 5) is 21.6. The average Bonchev–Trinajstić information content (AvgIpc) is 2.92. The van der Waals surface area contributed by atoms with Crippen LogP contribution in [-0.4, -0.2) is 29.2 Å². The van der Waals surface area contributed by atoms with E-state index in [9.17, 15) is 18.0 Å². The van der Waals surface area contributed by atoms with Crippen molar-refractivity contribution in [3.63, 3.8) is 0 Å². The Labute approximate surface area is 254 Å². The first kappa shape index (κ1) is 40.1. The zero-order valence-corrected chi connectivity index (χ0v) is 27.4. The number of carbonyl (C=O) groups is 2. The highest BCUT2D eigenvalue weighted by molar-refractivity contribution is 8.01. The SMILES string of the molecule is O=C(O)CCCCCCCCCCCCCCCCCCCCCCCCCCCCCCCCC(=O)S(=O)(=O)O. The highest BCUT2D eigenvalue weighted by Gasteiger charge is 2.16. The van der Waals surface area contributed by atoms with Crippen LogP contribution in [0.5, 0.6) is 0 Å². The second kappa shape index (κ2) is 30.5. The van der Waals surface area contributed by atoms with Gasteiger partial charge in [-0.05, 0) is 12.8 Å². The highest BCUT2D eigenvalue weighted by Crippen LogP contribution is 2.17. The van der Waals surface area contributed by atoms with Crippen LogP contribution in [0.2, 0.25) is 0 Å². The van der Waals surface area contributed by atoms with E-state index in [1.807, 2.05) is 0 Å². The average molecular weight is 603 g/mol. The number of carbonyl (C=O) groups excluding carboxylic acids is 1. The Kier molecular flexibility index (Phi) is 29.8. The van der Waals surface area contributed by atoms with E-state index < -0.39 is 21.2 Å². The van der Waals surface area contributed by atoms with Gasteiger partial charge in [0.25, 0.3) is 5.12 Å². The molecule has 0 saturated heterocycles. The Balaban J connectivity index is 3.10. The van der Waals surface area contributed by atoms with Crippen molar-refractivity contribution in [1.82, 2.24) is 0 Å². The number of unbranched alkanes of at least 4 members (excludes halogenated alkanes) is 29. The van der Waals surface area contributed by atoms with E-state index in [-0.39, 0.29) is 6.42 Å². The van der Waals surface area contributed by atoms with E-state index in [2.05, 4.69) is 0 Å².